The maximum Gasteiger partial charge on any atom is 0.410 e. The summed E-state index contributed by atoms with van der Waals surface area (Å²) < 4.78 is 11.5. The van der Waals surface area contributed by atoms with Gasteiger partial charge in [-0.2, -0.15) is 10.5 Å². The Balaban J connectivity index is 1.42. The Morgan fingerprint density at radius 1 is 1.23 bits per heavy atom. The second kappa shape index (κ2) is 11.3. The first-order chi connectivity index (χ1) is 18.6. The number of benzene rings is 1. The number of nitrogens with two attached hydrogens (primary N) is 2. The number of nitrogen functional groups attached to an aromatic ring is 2. The number of carbonyl (C=O) groups is 1. The molecule has 6 N–H and O–H groups in total. The summed E-state index contributed by atoms with van der Waals surface area (Å²) in [7, 11) is 0. The SMILES string of the molecule is CC(C)(C)OC(=O)N1CCN(CCOc2cccc(C3N=C(NC#N)Nc4nc(N)c(C#N)c(N)c43)c2)CC1. The van der Waals surface area contributed by atoms with Gasteiger partial charge in [0.1, 0.15) is 47.3 Å². The topological polar surface area (TPSA) is 191 Å². The summed E-state index contributed by atoms with van der Waals surface area (Å²) in [6.07, 6.45) is 1.55. The van der Waals surface area contributed by atoms with E-state index in [1.165, 1.54) is 0 Å². The zero-order valence-electron chi connectivity index (χ0n) is 22.2. The molecule has 204 valence electrons. The quantitative estimate of drug-likeness (QED) is 0.325. The van der Waals surface area contributed by atoms with Gasteiger partial charge in [0.25, 0.3) is 0 Å². The second-order valence-electron chi connectivity index (χ2n) is 10.1. The molecule has 1 atom stereocenters. The van der Waals surface area contributed by atoms with Gasteiger partial charge in [-0.1, -0.05) is 12.1 Å². The molecule has 0 radical (unpaired) electrons. The molecule has 1 aromatic heterocycles. The largest absolute Gasteiger partial charge is 0.492 e. The number of ether oxygens (including phenoxy) is 2. The number of pyridine rings is 1. The number of piperazine rings is 1. The third-order valence-corrected chi connectivity index (χ3v) is 6.23. The number of aliphatic imine (C=N–C) groups is 1. The van der Waals surface area contributed by atoms with Gasteiger partial charge in [0, 0.05) is 38.3 Å². The number of nitrogens with zero attached hydrogens (tertiary/aromatic N) is 6. The first-order valence-corrected chi connectivity index (χ1v) is 12.5. The Kier molecular flexibility index (Phi) is 7.93. The number of amides is 1. The van der Waals surface area contributed by atoms with Crippen LogP contribution in [0.3, 0.4) is 0 Å². The van der Waals surface area contributed by atoms with Crippen molar-refractivity contribution in [2.45, 2.75) is 32.4 Å². The van der Waals surface area contributed by atoms with Crippen molar-refractivity contribution in [3.63, 3.8) is 0 Å². The number of aromatic nitrogens is 1. The highest BCUT2D eigenvalue weighted by atomic mass is 16.6. The summed E-state index contributed by atoms with van der Waals surface area (Å²) in [6.45, 7) is 9.37. The molecule has 13 heteroatoms. The molecular formula is C26H32N10O3. The molecule has 39 heavy (non-hydrogen) atoms. The Labute approximate surface area is 227 Å². The average Bonchev–Trinajstić information content (AvgIpc) is 2.88. The third kappa shape index (κ3) is 6.40. The Morgan fingerprint density at radius 3 is 2.64 bits per heavy atom. The van der Waals surface area contributed by atoms with Crippen LogP contribution in [0.4, 0.5) is 22.1 Å². The van der Waals surface area contributed by atoms with Gasteiger partial charge in [0.05, 0.1) is 5.69 Å². The minimum Gasteiger partial charge on any atom is -0.492 e. The number of hydrogen-bond donors (Lipinski definition) is 4. The molecule has 4 rings (SSSR count). The number of hydrogen-bond acceptors (Lipinski definition) is 12. The molecule has 2 aliphatic heterocycles. The number of rotatable bonds is 5. The highest BCUT2D eigenvalue weighted by molar-refractivity contribution is 5.98. The lowest BCUT2D eigenvalue weighted by Crippen LogP contribution is -2.50. The average molecular weight is 533 g/mol. The van der Waals surface area contributed by atoms with Crippen molar-refractivity contribution >= 4 is 29.4 Å². The molecule has 1 aromatic carbocycles. The van der Waals surface area contributed by atoms with Crippen LogP contribution < -0.4 is 26.8 Å². The van der Waals surface area contributed by atoms with E-state index in [0.29, 0.717) is 43.4 Å². The van der Waals surface area contributed by atoms with E-state index in [0.717, 1.165) is 18.7 Å². The van der Waals surface area contributed by atoms with E-state index in [2.05, 4.69) is 25.5 Å². The van der Waals surface area contributed by atoms with Crippen LogP contribution in [0.2, 0.25) is 0 Å². The second-order valence-corrected chi connectivity index (χ2v) is 10.1. The first-order valence-electron chi connectivity index (χ1n) is 12.5. The van der Waals surface area contributed by atoms with Crippen LogP contribution in [0.5, 0.6) is 5.75 Å². The van der Waals surface area contributed by atoms with Gasteiger partial charge in [-0.05, 0) is 38.5 Å². The summed E-state index contributed by atoms with van der Waals surface area (Å²) in [5.41, 5.74) is 13.2. The molecule has 0 aliphatic carbocycles. The molecule has 1 saturated heterocycles. The Morgan fingerprint density at radius 2 is 1.97 bits per heavy atom. The monoisotopic (exact) mass is 532 g/mol. The number of nitrogens with one attached hydrogen (secondary N) is 2. The van der Waals surface area contributed by atoms with E-state index in [1.807, 2.05) is 57.3 Å². The maximum atomic E-state index is 12.3. The van der Waals surface area contributed by atoms with Gasteiger partial charge in [0.15, 0.2) is 6.19 Å². The molecule has 2 aliphatic rings. The van der Waals surface area contributed by atoms with E-state index in [1.54, 1.807) is 4.90 Å². The van der Waals surface area contributed by atoms with Gasteiger partial charge in [-0.3, -0.25) is 10.2 Å². The van der Waals surface area contributed by atoms with Crippen molar-refractivity contribution in [1.29, 1.82) is 10.5 Å². The molecule has 0 bridgehead atoms. The van der Waals surface area contributed by atoms with Crippen molar-refractivity contribution in [1.82, 2.24) is 20.1 Å². The molecule has 2 aromatic rings. The van der Waals surface area contributed by atoms with E-state index in [9.17, 15) is 10.1 Å². The van der Waals surface area contributed by atoms with E-state index < -0.39 is 11.6 Å². The fourth-order valence-electron chi connectivity index (χ4n) is 4.37. The minimum atomic E-state index is -0.651. The number of guanidine groups is 1. The van der Waals surface area contributed by atoms with Crippen LogP contribution in [0.15, 0.2) is 29.3 Å². The maximum absolute atomic E-state index is 12.3. The zero-order chi connectivity index (χ0) is 28.2. The van der Waals surface area contributed by atoms with Gasteiger partial charge in [0.2, 0.25) is 5.96 Å². The highest BCUT2D eigenvalue weighted by Crippen LogP contribution is 2.41. The lowest BCUT2D eigenvalue weighted by molar-refractivity contribution is 0.0137. The van der Waals surface area contributed by atoms with Gasteiger partial charge in [-0.25, -0.2) is 14.8 Å². The number of fused-ring (bicyclic) bond motifs is 1. The summed E-state index contributed by atoms with van der Waals surface area (Å²) in [5, 5.41) is 24.0. The van der Waals surface area contributed by atoms with Gasteiger partial charge in [-0.15, -0.1) is 0 Å². The summed E-state index contributed by atoms with van der Waals surface area (Å²) in [4.78, 5) is 25.1. The molecule has 0 spiro atoms. The van der Waals surface area contributed by atoms with Crippen molar-refractivity contribution in [3.05, 3.63) is 41.0 Å². The van der Waals surface area contributed by atoms with Gasteiger partial charge < -0.3 is 31.2 Å². The fourth-order valence-corrected chi connectivity index (χ4v) is 4.37. The van der Waals surface area contributed by atoms with E-state index >= 15 is 0 Å². The predicted molar refractivity (Wildman–Crippen MR) is 146 cm³/mol. The van der Waals surface area contributed by atoms with Crippen LogP contribution in [0.1, 0.15) is 43.5 Å². The van der Waals surface area contributed by atoms with Crippen molar-refractivity contribution in [2.24, 2.45) is 4.99 Å². The number of anilines is 3. The van der Waals surface area contributed by atoms with Crippen molar-refractivity contribution in [3.8, 4) is 18.0 Å². The molecule has 3 heterocycles. The third-order valence-electron chi connectivity index (χ3n) is 6.23. The van der Waals surface area contributed by atoms with E-state index in [4.69, 9.17) is 26.2 Å². The standard InChI is InChI=1S/C26H32N10O3/c1-26(2,3)39-25(37)36-9-7-35(8-10-36)11-12-38-17-6-4-5-16(13-17)21-19-20(29)18(14-27)22(30)33-23(19)34-24(32-21)31-15-28/h4-6,13,21H,7-12H2,1-3H3,(H6,29,30,31,32,33,34). The first kappa shape index (κ1) is 27.3. The van der Waals surface area contributed by atoms with Crippen LogP contribution in [-0.4, -0.2) is 71.8 Å². The molecule has 1 unspecified atom stereocenters. The van der Waals surface area contributed by atoms with Crippen LogP contribution in [0.25, 0.3) is 0 Å². The fraction of sp³-hybridized carbons (Fsp3) is 0.423. The number of nitriles is 2. The minimum absolute atomic E-state index is 0.0118. The lowest BCUT2D eigenvalue weighted by Gasteiger charge is -2.35. The molecule has 13 nitrogen and oxygen atoms in total. The predicted octanol–water partition coefficient (Wildman–Crippen LogP) is 1.99. The molecule has 1 fully saturated rings. The van der Waals surface area contributed by atoms with Crippen LogP contribution >= 0.6 is 0 Å². The molecule has 1 amide bonds. The smallest absolute Gasteiger partial charge is 0.410 e. The van der Waals surface area contributed by atoms with Crippen molar-refractivity contribution in [2.75, 3.05) is 56.1 Å². The summed E-state index contributed by atoms with van der Waals surface area (Å²) in [6, 6.07) is 8.73. The summed E-state index contributed by atoms with van der Waals surface area (Å²) in [5.74, 6) is 1.12. The normalized spacial score (nSPS) is 17.1. The van der Waals surface area contributed by atoms with Crippen molar-refractivity contribution < 1.29 is 14.3 Å². The molecular weight excluding hydrogens is 500 g/mol. The van der Waals surface area contributed by atoms with E-state index in [-0.39, 0.29) is 29.1 Å². The number of carbonyl (C=O) groups excluding carboxylic acids is 1. The van der Waals surface area contributed by atoms with Gasteiger partial charge >= 0.3 is 6.09 Å². The lowest BCUT2D eigenvalue weighted by atomic mass is 9.95. The Bertz CT molecular complexity index is 1350. The van der Waals surface area contributed by atoms with Crippen LogP contribution in [-0.2, 0) is 4.74 Å². The van der Waals surface area contributed by atoms with Crippen LogP contribution in [0, 0.1) is 22.8 Å². The highest BCUT2D eigenvalue weighted by Gasteiger charge is 2.30. The molecule has 0 saturated carbocycles. The summed E-state index contributed by atoms with van der Waals surface area (Å²) >= 11 is 0. The zero-order valence-corrected chi connectivity index (χ0v) is 22.2. The Hall–Kier alpha value is -4.75.